The number of rotatable bonds is 2. The Hall–Kier alpha value is -1.99. The first-order valence-electron chi connectivity index (χ1n) is 6.90. The zero-order valence-corrected chi connectivity index (χ0v) is 12.5. The lowest BCUT2D eigenvalue weighted by Crippen LogP contribution is -2.33. The Labute approximate surface area is 125 Å². The predicted octanol–water partition coefficient (Wildman–Crippen LogP) is 1.28. The first kappa shape index (κ1) is 12.7. The van der Waals surface area contributed by atoms with Gasteiger partial charge in [0.15, 0.2) is 4.96 Å². The van der Waals surface area contributed by atoms with Gasteiger partial charge in [-0.3, -0.25) is 14.1 Å². The van der Waals surface area contributed by atoms with Gasteiger partial charge in [-0.15, -0.1) is 11.3 Å². The van der Waals surface area contributed by atoms with Crippen molar-refractivity contribution in [3.8, 4) is 0 Å². The van der Waals surface area contributed by atoms with Crippen LogP contribution in [-0.2, 0) is 19.6 Å². The van der Waals surface area contributed by atoms with Gasteiger partial charge < -0.3 is 4.57 Å². The fraction of sp³-hybridized carbons (Fsp3) is 0.357. The number of nitrogens with zero attached hydrogens (tertiary/aromatic N) is 5. The van der Waals surface area contributed by atoms with E-state index in [1.54, 1.807) is 10.5 Å². The van der Waals surface area contributed by atoms with Crippen LogP contribution in [0.4, 0.5) is 0 Å². The molecule has 1 aliphatic rings. The molecule has 1 aliphatic heterocycles. The summed E-state index contributed by atoms with van der Waals surface area (Å²) in [6, 6.07) is 1.65. The molecular weight excluding hydrogens is 286 g/mol. The van der Waals surface area contributed by atoms with Gasteiger partial charge in [0.2, 0.25) is 0 Å². The normalized spacial score (nSPS) is 15.5. The van der Waals surface area contributed by atoms with E-state index in [0.29, 0.717) is 6.54 Å². The van der Waals surface area contributed by atoms with Crippen LogP contribution in [-0.4, -0.2) is 30.4 Å². The van der Waals surface area contributed by atoms with E-state index in [-0.39, 0.29) is 5.56 Å². The Morgan fingerprint density at radius 1 is 1.38 bits per heavy atom. The molecule has 0 saturated heterocycles. The molecule has 6 nitrogen and oxygen atoms in total. The molecule has 0 N–H and O–H groups in total. The third-order valence-corrected chi connectivity index (χ3v) is 4.78. The molecule has 0 saturated carbocycles. The first-order valence-corrected chi connectivity index (χ1v) is 7.78. The molecule has 0 atom stereocenters. The van der Waals surface area contributed by atoms with Crippen molar-refractivity contribution in [1.82, 2.24) is 23.8 Å². The highest BCUT2D eigenvalue weighted by Crippen LogP contribution is 2.15. The van der Waals surface area contributed by atoms with Gasteiger partial charge in [0.25, 0.3) is 5.56 Å². The highest BCUT2D eigenvalue weighted by atomic mass is 32.1. The van der Waals surface area contributed by atoms with Crippen molar-refractivity contribution in [1.29, 1.82) is 0 Å². The Balaban J connectivity index is 1.62. The van der Waals surface area contributed by atoms with Gasteiger partial charge in [-0.1, -0.05) is 0 Å². The Kier molecular flexibility index (Phi) is 2.90. The third-order valence-electron chi connectivity index (χ3n) is 3.84. The molecule has 0 fully saturated rings. The minimum absolute atomic E-state index is 0.00672. The van der Waals surface area contributed by atoms with Gasteiger partial charge in [-0.05, 0) is 6.92 Å². The average molecular weight is 301 g/mol. The van der Waals surface area contributed by atoms with Crippen LogP contribution in [0.15, 0.2) is 28.6 Å². The molecule has 21 heavy (non-hydrogen) atoms. The molecule has 108 valence electrons. The molecule has 0 radical (unpaired) electrons. The summed E-state index contributed by atoms with van der Waals surface area (Å²) >= 11 is 1.51. The molecule has 3 aromatic heterocycles. The van der Waals surface area contributed by atoms with Crippen molar-refractivity contribution >= 4 is 16.3 Å². The van der Waals surface area contributed by atoms with Crippen LogP contribution in [0.5, 0.6) is 0 Å². The number of aromatic nitrogens is 4. The van der Waals surface area contributed by atoms with E-state index in [0.717, 1.165) is 41.8 Å². The van der Waals surface area contributed by atoms with Gasteiger partial charge in [0.1, 0.15) is 5.82 Å². The van der Waals surface area contributed by atoms with Crippen LogP contribution in [0.1, 0.15) is 17.2 Å². The standard InChI is InChI=1S/C14H15N5OS/c1-10-9-21-14-16-11(6-13(20)19(10)14)7-17-4-5-18-3-2-15-12(18)8-17/h2-3,6,9H,4-5,7-8H2,1H3. The minimum Gasteiger partial charge on any atom is -0.333 e. The second kappa shape index (κ2) is 4.78. The summed E-state index contributed by atoms with van der Waals surface area (Å²) in [5.74, 6) is 1.08. The molecule has 0 spiro atoms. The summed E-state index contributed by atoms with van der Waals surface area (Å²) in [4.78, 5) is 24.2. The maximum absolute atomic E-state index is 12.2. The Morgan fingerprint density at radius 2 is 2.29 bits per heavy atom. The summed E-state index contributed by atoms with van der Waals surface area (Å²) in [7, 11) is 0. The van der Waals surface area contributed by atoms with Gasteiger partial charge >= 0.3 is 0 Å². The molecule has 0 aromatic carbocycles. The van der Waals surface area contributed by atoms with Gasteiger partial charge in [0, 0.05) is 49.2 Å². The minimum atomic E-state index is 0.00672. The summed E-state index contributed by atoms with van der Waals surface area (Å²) in [5, 5.41) is 1.96. The predicted molar refractivity (Wildman–Crippen MR) is 80.4 cm³/mol. The Bertz CT molecular complexity index is 862. The molecule has 0 bridgehead atoms. The van der Waals surface area contributed by atoms with Crippen molar-refractivity contribution < 1.29 is 0 Å². The molecule has 0 amide bonds. The molecule has 4 rings (SSSR count). The monoisotopic (exact) mass is 301 g/mol. The van der Waals surface area contributed by atoms with E-state index < -0.39 is 0 Å². The van der Waals surface area contributed by atoms with Crippen LogP contribution < -0.4 is 5.56 Å². The quantitative estimate of drug-likeness (QED) is 0.715. The lowest BCUT2D eigenvalue weighted by atomic mass is 10.3. The van der Waals surface area contributed by atoms with Crippen LogP contribution in [0.3, 0.4) is 0 Å². The maximum atomic E-state index is 12.2. The van der Waals surface area contributed by atoms with Crippen molar-refractivity contribution in [3.05, 3.63) is 51.4 Å². The first-order chi connectivity index (χ1) is 10.2. The van der Waals surface area contributed by atoms with Gasteiger partial charge in [-0.2, -0.15) is 0 Å². The SMILES string of the molecule is Cc1csc2nc(CN3CCn4ccnc4C3)cc(=O)n12. The van der Waals surface area contributed by atoms with E-state index in [4.69, 9.17) is 0 Å². The van der Waals surface area contributed by atoms with E-state index >= 15 is 0 Å². The van der Waals surface area contributed by atoms with E-state index in [1.807, 2.05) is 24.7 Å². The molecule has 7 heteroatoms. The van der Waals surface area contributed by atoms with Crippen LogP contribution in [0, 0.1) is 6.92 Å². The average Bonchev–Trinajstić information content (AvgIpc) is 3.05. The Morgan fingerprint density at radius 3 is 3.19 bits per heavy atom. The van der Waals surface area contributed by atoms with Crippen molar-refractivity contribution in [2.45, 2.75) is 26.6 Å². The van der Waals surface area contributed by atoms with E-state index in [9.17, 15) is 4.79 Å². The highest BCUT2D eigenvalue weighted by Gasteiger charge is 2.17. The summed E-state index contributed by atoms with van der Waals surface area (Å²) in [6.07, 6.45) is 3.85. The number of aryl methyl sites for hydroxylation is 1. The molecular formula is C14H15N5OS. The van der Waals surface area contributed by atoms with Crippen molar-refractivity contribution in [2.24, 2.45) is 0 Å². The van der Waals surface area contributed by atoms with E-state index in [2.05, 4.69) is 19.4 Å². The largest absolute Gasteiger partial charge is 0.333 e. The number of hydrogen-bond donors (Lipinski definition) is 0. The number of thiazole rings is 1. The van der Waals surface area contributed by atoms with Gasteiger partial charge in [-0.25, -0.2) is 9.97 Å². The third kappa shape index (κ3) is 2.18. The van der Waals surface area contributed by atoms with Crippen molar-refractivity contribution in [2.75, 3.05) is 6.54 Å². The zero-order chi connectivity index (χ0) is 14.4. The van der Waals surface area contributed by atoms with Gasteiger partial charge in [0.05, 0.1) is 12.2 Å². The lowest BCUT2D eigenvalue weighted by molar-refractivity contribution is 0.206. The van der Waals surface area contributed by atoms with Crippen LogP contribution in [0.25, 0.3) is 4.96 Å². The number of imidazole rings is 1. The fourth-order valence-corrected chi connectivity index (χ4v) is 3.66. The van der Waals surface area contributed by atoms with E-state index in [1.165, 1.54) is 11.3 Å². The van der Waals surface area contributed by atoms with Crippen molar-refractivity contribution in [3.63, 3.8) is 0 Å². The zero-order valence-electron chi connectivity index (χ0n) is 11.7. The molecule has 0 unspecified atom stereocenters. The topological polar surface area (TPSA) is 55.4 Å². The second-order valence-corrected chi connectivity index (χ2v) is 6.16. The smallest absolute Gasteiger partial charge is 0.259 e. The number of hydrogen-bond acceptors (Lipinski definition) is 5. The second-order valence-electron chi connectivity index (χ2n) is 5.33. The summed E-state index contributed by atoms with van der Waals surface area (Å²) < 4.78 is 3.84. The molecule has 3 aromatic rings. The molecule has 4 heterocycles. The van der Waals surface area contributed by atoms with Crippen LogP contribution >= 0.6 is 11.3 Å². The molecule has 0 aliphatic carbocycles. The van der Waals surface area contributed by atoms with Crippen LogP contribution in [0.2, 0.25) is 0 Å². The highest BCUT2D eigenvalue weighted by molar-refractivity contribution is 7.15. The fourth-order valence-electron chi connectivity index (χ4n) is 2.77. The number of fused-ring (bicyclic) bond motifs is 2. The lowest BCUT2D eigenvalue weighted by Gasteiger charge is -2.27. The summed E-state index contributed by atoms with van der Waals surface area (Å²) in [6.45, 7) is 5.31. The summed E-state index contributed by atoms with van der Waals surface area (Å²) in [5.41, 5.74) is 1.79. The maximum Gasteiger partial charge on any atom is 0.259 e.